The van der Waals surface area contributed by atoms with Crippen molar-refractivity contribution in [2.75, 3.05) is 5.32 Å². The van der Waals surface area contributed by atoms with Gasteiger partial charge in [-0.05, 0) is 37.6 Å². The average molecular weight is 249 g/mol. The molecule has 1 N–H and O–H groups in total. The first kappa shape index (κ1) is 11.8. The van der Waals surface area contributed by atoms with Crippen molar-refractivity contribution < 1.29 is 0 Å². The lowest BCUT2D eigenvalue weighted by molar-refractivity contribution is 0.874. The van der Waals surface area contributed by atoms with Crippen molar-refractivity contribution in [3.8, 4) is 11.1 Å². The second-order valence-corrected chi connectivity index (χ2v) is 4.33. The molecule has 5 heteroatoms. The van der Waals surface area contributed by atoms with Gasteiger partial charge in [-0.15, -0.1) is 10.2 Å². The first-order valence-corrected chi connectivity index (χ1v) is 5.75. The molecular weight excluding hydrogens is 236 g/mol. The molecule has 0 atom stereocenters. The van der Waals surface area contributed by atoms with Gasteiger partial charge in [0, 0.05) is 24.0 Å². The summed E-state index contributed by atoms with van der Waals surface area (Å²) in [6.07, 6.45) is 3.45. The summed E-state index contributed by atoms with van der Waals surface area (Å²) < 4.78 is 0. The van der Waals surface area contributed by atoms with Gasteiger partial charge in [0.2, 0.25) is 0 Å². The molecule has 2 aromatic rings. The maximum absolute atomic E-state index is 6.05. The molecule has 0 spiro atoms. The minimum absolute atomic E-state index is 0.302. The van der Waals surface area contributed by atoms with Gasteiger partial charge in [-0.25, -0.2) is 0 Å². The summed E-state index contributed by atoms with van der Waals surface area (Å²) in [6, 6.07) is 5.98. The summed E-state index contributed by atoms with van der Waals surface area (Å²) >= 11 is 6.05. The molecule has 2 heterocycles. The maximum atomic E-state index is 6.05. The molecule has 0 aliphatic carbocycles. The zero-order valence-corrected chi connectivity index (χ0v) is 10.4. The lowest BCUT2D eigenvalue weighted by atomic mass is 10.1. The van der Waals surface area contributed by atoms with Crippen LogP contribution in [0, 0.1) is 0 Å². The predicted octanol–water partition coefficient (Wildman–Crippen LogP) is 3.01. The van der Waals surface area contributed by atoms with Gasteiger partial charge < -0.3 is 5.32 Å². The Balaban J connectivity index is 2.40. The zero-order valence-electron chi connectivity index (χ0n) is 9.68. The summed E-state index contributed by atoms with van der Waals surface area (Å²) in [6.45, 7) is 4.09. The third kappa shape index (κ3) is 2.91. The van der Waals surface area contributed by atoms with Crippen LogP contribution in [0.4, 0.5) is 5.82 Å². The normalized spacial score (nSPS) is 10.6. The Hall–Kier alpha value is -1.68. The molecule has 0 saturated heterocycles. The molecular formula is C12H13ClN4. The third-order valence-corrected chi connectivity index (χ3v) is 2.46. The van der Waals surface area contributed by atoms with Crippen molar-refractivity contribution in [3.05, 3.63) is 35.7 Å². The fourth-order valence-corrected chi connectivity index (χ4v) is 1.68. The fraction of sp³-hybridized carbons (Fsp3) is 0.250. The lowest BCUT2D eigenvalue weighted by Gasteiger charge is -2.10. The van der Waals surface area contributed by atoms with Crippen LogP contribution in [0.15, 0.2) is 30.6 Å². The first-order valence-electron chi connectivity index (χ1n) is 5.37. The largest absolute Gasteiger partial charge is 0.366 e. The molecule has 2 aromatic heterocycles. The fourth-order valence-electron chi connectivity index (χ4n) is 1.48. The van der Waals surface area contributed by atoms with E-state index < -0.39 is 0 Å². The Bertz CT molecular complexity index is 499. The summed E-state index contributed by atoms with van der Waals surface area (Å²) in [5.41, 5.74) is 1.83. The summed E-state index contributed by atoms with van der Waals surface area (Å²) in [7, 11) is 0. The van der Waals surface area contributed by atoms with Crippen LogP contribution in [0.2, 0.25) is 5.15 Å². The number of nitrogens with zero attached hydrogens (tertiary/aromatic N) is 3. The van der Waals surface area contributed by atoms with Crippen molar-refractivity contribution in [2.24, 2.45) is 0 Å². The number of hydrogen-bond donors (Lipinski definition) is 1. The number of anilines is 1. The van der Waals surface area contributed by atoms with Crippen LogP contribution in [0.5, 0.6) is 0 Å². The van der Waals surface area contributed by atoms with Gasteiger partial charge in [0.15, 0.2) is 5.15 Å². The first-order chi connectivity index (χ1) is 8.16. The predicted molar refractivity (Wildman–Crippen MR) is 69.0 cm³/mol. The van der Waals surface area contributed by atoms with E-state index in [-0.39, 0.29) is 0 Å². The molecule has 0 fully saturated rings. The molecule has 4 nitrogen and oxygen atoms in total. The third-order valence-electron chi connectivity index (χ3n) is 2.18. The van der Waals surface area contributed by atoms with Crippen LogP contribution in [-0.2, 0) is 0 Å². The van der Waals surface area contributed by atoms with Gasteiger partial charge >= 0.3 is 0 Å². The van der Waals surface area contributed by atoms with Crippen molar-refractivity contribution in [1.82, 2.24) is 15.2 Å². The Kier molecular flexibility index (Phi) is 3.54. The van der Waals surface area contributed by atoms with E-state index in [4.69, 9.17) is 11.6 Å². The SMILES string of the molecule is CC(C)Nc1cc(-c2ccncc2)c(Cl)nn1. The van der Waals surface area contributed by atoms with Crippen LogP contribution < -0.4 is 5.32 Å². The molecule has 0 aliphatic rings. The molecule has 0 unspecified atom stereocenters. The molecule has 0 amide bonds. The second kappa shape index (κ2) is 5.10. The van der Waals surface area contributed by atoms with Gasteiger partial charge in [-0.3, -0.25) is 4.98 Å². The topological polar surface area (TPSA) is 50.7 Å². The van der Waals surface area contributed by atoms with Crippen molar-refractivity contribution in [2.45, 2.75) is 19.9 Å². The zero-order chi connectivity index (χ0) is 12.3. The number of halogens is 1. The van der Waals surface area contributed by atoms with Crippen molar-refractivity contribution in [1.29, 1.82) is 0 Å². The molecule has 0 aliphatic heterocycles. The van der Waals surface area contributed by atoms with Crippen molar-refractivity contribution in [3.63, 3.8) is 0 Å². The van der Waals surface area contributed by atoms with Crippen LogP contribution >= 0.6 is 11.6 Å². The molecule has 2 rings (SSSR count). The van der Waals surface area contributed by atoms with E-state index in [1.807, 2.05) is 32.0 Å². The Morgan fingerprint density at radius 3 is 2.53 bits per heavy atom. The van der Waals surface area contributed by atoms with Gasteiger partial charge in [-0.1, -0.05) is 11.6 Å². The van der Waals surface area contributed by atoms with Gasteiger partial charge in [-0.2, -0.15) is 0 Å². The van der Waals surface area contributed by atoms with Gasteiger partial charge in [0.25, 0.3) is 0 Å². The molecule has 0 saturated carbocycles. The van der Waals surface area contributed by atoms with E-state index in [2.05, 4.69) is 20.5 Å². The number of pyridine rings is 1. The summed E-state index contributed by atoms with van der Waals surface area (Å²) in [5.74, 6) is 0.719. The molecule has 0 bridgehead atoms. The maximum Gasteiger partial charge on any atom is 0.159 e. The minimum atomic E-state index is 0.302. The van der Waals surface area contributed by atoms with E-state index in [1.54, 1.807) is 12.4 Å². The lowest BCUT2D eigenvalue weighted by Crippen LogP contribution is -2.11. The number of rotatable bonds is 3. The average Bonchev–Trinajstić information content (AvgIpc) is 2.32. The Morgan fingerprint density at radius 2 is 1.88 bits per heavy atom. The number of hydrogen-bond acceptors (Lipinski definition) is 4. The quantitative estimate of drug-likeness (QED) is 0.907. The summed E-state index contributed by atoms with van der Waals surface area (Å²) in [5, 5.41) is 11.5. The minimum Gasteiger partial charge on any atom is -0.366 e. The second-order valence-electron chi connectivity index (χ2n) is 3.97. The molecule has 0 aromatic carbocycles. The van der Waals surface area contributed by atoms with Crippen LogP contribution in [0.3, 0.4) is 0 Å². The number of nitrogens with one attached hydrogen (secondary N) is 1. The highest BCUT2D eigenvalue weighted by atomic mass is 35.5. The highest BCUT2D eigenvalue weighted by Crippen LogP contribution is 2.26. The smallest absolute Gasteiger partial charge is 0.159 e. The Labute approximate surface area is 105 Å². The van der Waals surface area contributed by atoms with E-state index in [0.717, 1.165) is 16.9 Å². The van der Waals surface area contributed by atoms with E-state index in [9.17, 15) is 0 Å². The van der Waals surface area contributed by atoms with Gasteiger partial charge in [0.05, 0.1) is 0 Å². The standard InChI is InChI=1S/C12H13ClN4/c1-8(2)15-11-7-10(12(13)17-16-11)9-3-5-14-6-4-9/h3-8H,1-2H3,(H,15,16). The van der Waals surface area contributed by atoms with E-state index >= 15 is 0 Å². The highest BCUT2D eigenvalue weighted by molar-refractivity contribution is 6.32. The van der Waals surface area contributed by atoms with Crippen LogP contribution in [-0.4, -0.2) is 21.2 Å². The highest BCUT2D eigenvalue weighted by Gasteiger charge is 2.07. The van der Waals surface area contributed by atoms with E-state index in [1.165, 1.54) is 0 Å². The summed E-state index contributed by atoms with van der Waals surface area (Å²) in [4.78, 5) is 3.98. The Morgan fingerprint density at radius 1 is 1.18 bits per heavy atom. The van der Waals surface area contributed by atoms with E-state index in [0.29, 0.717) is 11.2 Å². The number of aromatic nitrogens is 3. The monoisotopic (exact) mass is 248 g/mol. The molecule has 88 valence electrons. The van der Waals surface area contributed by atoms with Crippen molar-refractivity contribution >= 4 is 17.4 Å². The van der Waals surface area contributed by atoms with Crippen LogP contribution in [0.25, 0.3) is 11.1 Å². The van der Waals surface area contributed by atoms with Crippen LogP contribution in [0.1, 0.15) is 13.8 Å². The van der Waals surface area contributed by atoms with Gasteiger partial charge in [0.1, 0.15) is 5.82 Å². The molecule has 17 heavy (non-hydrogen) atoms. The molecule has 0 radical (unpaired) electrons.